The SMILES string of the molecule is Nc1cc(F)c2nc(CF)cn2c1. The standard InChI is InChI=1S/C8H7F2N3/c9-2-6-4-13-3-5(11)1-7(10)8(13)12-6/h1,3-4H,2,11H2. The average Bonchev–Trinajstić information content (AvgIpc) is 2.47. The molecule has 2 rings (SSSR count). The fourth-order valence-electron chi connectivity index (χ4n) is 1.19. The molecule has 0 atom stereocenters. The smallest absolute Gasteiger partial charge is 0.173 e. The lowest BCUT2D eigenvalue weighted by Gasteiger charge is -1.96. The van der Waals surface area contributed by atoms with Gasteiger partial charge in [0.25, 0.3) is 0 Å². The molecule has 13 heavy (non-hydrogen) atoms. The molecule has 2 heterocycles. The van der Waals surface area contributed by atoms with Gasteiger partial charge in [-0.2, -0.15) is 0 Å². The number of anilines is 1. The Kier molecular flexibility index (Phi) is 1.65. The van der Waals surface area contributed by atoms with Gasteiger partial charge in [-0.05, 0) is 0 Å². The van der Waals surface area contributed by atoms with E-state index >= 15 is 0 Å². The molecule has 0 aliphatic rings. The number of hydrogen-bond acceptors (Lipinski definition) is 2. The second-order valence-corrected chi connectivity index (χ2v) is 2.72. The highest BCUT2D eigenvalue weighted by Crippen LogP contribution is 2.13. The molecule has 0 aliphatic carbocycles. The van der Waals surface area contributed by atoms with E-state index in [1.54, 1.807) is 0 Å². The summed E-state index contributed by atoms with van der Waals surface area (Å²) in [5, 5.41) is 0. The Morgan fingerprint density at radius 3 is 2.92 bits per heavy atom. The molecule has 0 amide bonds. The maximum atomic E-state index is 13.1. The van der Waals surface area contributed by atoms with E-state index < -0.39 is 12.5 Å². The molecular formula is C8H7F2N3. The number of halogens is 2. The number of nitrogens with zero attached hydrogens (tertiary/aromatic N) is 2. The minimum atomic E-state index is -0.707. The van der Waals surface area contributed by atoms with Crippen LogP contribution >= 0.6 is 0 Å². The number of pyridine rings is 1. The number of rotatable bonds is 1. The fraction of sp³-hybridized carbons (Fsp3) is 0.125. The largest absolute Gasteiger partial charge is 0.397 e. The second-order valence-electron chi connectivity index (χ2n) is 2.72. The van der Waals surface area contributed by atoms with Crippen molar-refractivity contribution in [1.29, 1.82) is 0 Å². The number of nitrogen functional groups attached to an aromatic ring is 1. The monoisotopic (exact) mass is 183 g/mol. The summed E-state index contributed by atoms with van der Waals surface area (Å²) in [5.41, 5.74) is 5.98. The number of hydrogen-bond donors (Lipinski definition) is 1. The van der Waals surface area contributed by atoms with Crippen molar-refractivity contribution in [3.05, 3.63) is 30.0 Å². The molecule has 0 aliphatic heterocycles. The van der Waals surface area contributed by atoms with Crippen LogP contribution < -0.4 is 5.73 Å². The van der Waals surface area contributed by atoms with Gasteiger partial charge in [-0.1, -0.05) is 0 Å². The zero-order valence-corrected chi connectivity index (χ0v) is 6.67. The Bertz CT molecular complexity index is 450. The van der Waals surface area contributed by atoms with E-state index in [2.05, 4.69) is 4.98 Å². The van der Waals surface area contributed by atoms with Crippen LogP contribution in [0, 0.1) is 5.82 Å². The van der Waals surface area contributed by atoms with E-state index in [-0.39, 0.29) is 17.0 Å². The molecule has 0 aromatic carbocycles. The number of nitrogens with two attached hydrogens (primary N) is 1. The van der Waals surface area contributed by atoms with Gasteiger partial charge in [-0.15, -0.1) is 0 Å². The van der Waals surface area contributed by atoms with E-state index in [1.165, 1.54) is 16.8 Å². The first-order chi connectivity index (χ1) is 6.20. The van der Waals surface area contributed by atoms with Crippen molar-refractivity contribution in [3.63, 3.8) is 0 Å². The third kappa shape index (κ3) is 1.22. The van der Waals surface area contributed by atoms with Crippen molar-refractivity contribution in [2.24, 2.45) is 0 Å². The van der Waals surface area contributed by atoms with Crippen molar-refractivity contribution in [3.8, 4) is 0 Å². The first kappa shape index (κ1) is 7.97. The van der Waals surface area contributed by atoms with Crippen LogP contribution in [0.1, 0.15) is 5.69 Å². The molecule has 0 bridgehead atoms. The maximum absolute atomic E-state index is 13.1. The minimum absolute atomic E-state index is 0.0989. The molecule has 0 unspecified atom stereocenters. The van der Waals surface area contributed by atoms with E-state index in [1.807, 2.05) is 0 Å². The molecule has 2 aromatic heterocycles. The molecule has 0 spiro atoms. The summed E-state index contributed by atoms with van der Waals surface area (Å²) >= 11 is 0. The summed E-state index contributed by atoms with van der Waals surface area (Å²) in [6.45, 7) is -0.707. The van der Waals surface area contributed by atoms with Crippen molar-refractivity contribution < 1.29 is 8.78 Å². The van der Waals surface area contributed by atoms with Crippen LogP contribution in [0.25, 0.3) is 5.65 Å². The number of fused-ring (bicyclic) bond motifs is 1. The van der Waals surface area contributed by atoms with Gasteiger partial charge in [0.05, 0.1) is 11.4 Å². The number of alkyl halides is 1. The van der Waals surface area contributed by atoms with Crippen LogP contribution in [0.5, 0.6) is 0 Å². The molecule has 0 radical (unpaired) electrons. The lowest BCUT2D eigenvalue weighted by molar-refractivity contribution is 0.477. The Morgan fingerprint density at radius 1 is 1.46 bits per heavy atom. The molecule has 0 saturated carbocycles. The Labute approximate surface area is 72.8 Å². The Hall–Kier alpha value is -1.65. The van der Waals surface area contributed by atoms with Crippen LogP contribution in [-0.4, -0.2) is 9.38 Å². The summed E-state index contributed by atoms with van der Waals surface area (Å²) in [6.07, 6.45) is 2.90. The molecule has 68 valence electrons. The maximum Gasteiger partial charge on any atom is 0.173 e. The summed E-state index contributed by atoms with van der Waals surface area (Å²) in [7, 11) is 0. The quantitative estimate of drug-likeness (QED) is 0.728. The van der Waals surface area contributed by atoms with Crippen molar-refractivity contribution in [2.45, 2.75) is 6.67 Å². The van der Waals surface area contributed by atoms with Gasteiger partial charge in [0.1, 0.15) is 6.67 Å². The Balaban J connectivity index is 2.75. The van der Waals surface area contributed by atoms with Crippen molar-refractivity contribution in [1.82, 2.24) is 9.38 Å². The normalized spacial score (nSPS) is 10.9. The highest BCUT2D eigenvalue weighted by atomic mass is 19.1. The third-order valence-electron chi connectivity index (χ3n) is 1.71. The van der Waals surface area contributed by atoms with Gasteiger partial charge in [-0.25, -0.2) is 13.8 Å². The molecule has 2 aromatic rings. The first-order valence-corrected chi connectivity index (χ1v) is 3.69. The predicted molar refractivity (Wildman–Crippen MR) is 44.4 cm³/mol. The summed E-state index contributed by atoms with van der Waals surface area (Å²) < 4.78 is 26.7. The third-order valence-corrected chi connectivity index (χ3v) is 1.71. The molecule has 3 nitrogen and oxygen atoms in total. The van der Waals surface area contributed by atoms with Crippen molar-refractivity contribution in [2.75, 3.05) is 5.73 Å². The molecule has 5 heteroatoms. The number of imidazole rings is 1. The first-order valence-electron chi connectivity index (χ1n) is 3.69. The van der Waals surface area contributed by atoms with E-state index in [4.69, 9.17) is 5.73 Å². The zero-order chi connectivity index (χ0) is 9.42. The van der Waals surface area contributed by atoms with Gasteiger partial charge in [0, 0.05) is 18.5 Å². The van der Waals surface area contributed by atoms with Crippen LogP contribution in [0.3, 0.4) is 0 Å². The zero-order valence-electron chi connectivity index (χ0n) is 6.67. The molecular weight excluding hydrogens is 176 g/mol. The lowest BCUT2D eigenvalue weighted by atomic mass is 10.4. The highest BCUT2D eigenvalue weighted by Gasteiger charge is 2.06. The van der Waals surface area contributed by atoms with Gasteiger partial charge in [0.2, 0.25) is 0 Å². The lowest BCUT2D eigenvalue weighted by Crippen LogP contribution is -1.93. The second kappa shape index (κ2) is 2.69. The Morgan fingerprint density at radius 2 is 2.23 bits per heavy atom. The van der Waals surface area contributed by atoms with Crippen molar-refractivity contribution >= 4 is 11.3 Å². The van der Waals surface area contributed by atoms with Crippen LogP contribution in [-0.2, 0) is 6.67 Å². The summed E-state index contributed by atoms with van der Waals surface area (Å²) in [6, 6.07) is 1.16. The van der Waals surface area contributed by atoms with Crippen LogP contribution in [0.15, 0.2) is 18.5 Å². The predicted octanol–water partition coefficient (Wildman–Crippen LogP) is 1.53. The van der Waals surface area contributed by atoms with Crippen LogP contribution in [0.4, 0.5) is 14.5 Å². The average molecular weight is 183 g/mol. The van der Waals surface area contributed by atoms with E-state index in [0.717, 1.165) is 6.07 Å². The molecule has 0 fully saturated rings. The van der Waals surface area contributed by atoms with Gasteiger partial charge < -0.3 is 10.1 Å². The molecule has 2 N–H and O–H groups in total. The van der Waals surface area contributed by atoms with Gasteiger partial charge in [-0.3, -0.25) is 0 Å². The molecule has 0 saturated heterocycles. The topological polar surface area (TPSA) is 43.3 Å². The fourth-order valence-corrected chi connectivity index (χ4v) is 1.19. The summed E-state index contributed by atoms with van der Waals surface area (Å²) in [4.78, 5) is 3.73. The summed E-state index contributed by atoms with van der Waals surface area (Å²) in [5.74, 6) is -0.542. The van der Waals surface area contributed by atoms with Gasteiger partial charge in [0.15, 0.2) is 11.5 Å². The number of aromatic nitrogens is 2. The minimum Gasteiger partial charge on any atom is -0.397 e. The van der Waals surface area contributed by atoms with Crippen LogP contribution in [0.2, 0.25) is 0 Å². The van der Waals surface area contributed by atoms with E-state index in [9.17, 15) is 8.78 Å². The van der Waals surface area contributed by atoms with E-state index in [0.29, 0.717) is 0 Å². The van der Waals surface area contributed by atoms with Gasteiger partial charge >= 0.3 is 0 Å². The highest BCUT2D eigenvalue weighted by molar-refractivity contribution is 5.49.